The number of aryl methyl sites for hydroxylation is 2. The Kier molecular flexibility index (Phi) is 7.33. The quantitative estimate of drug-likeness (QED) is 0.796. The van der Waals surface area contributed by atoms with Crippen molar-refractivity contribution < 1.29 is 4.79 Å². The van der Waals surface area contributed by atoms with Crippen LogP contribution >= 0.6 is 12.4 Å². The summed E-state index contributed by atoms with van der Waals surface area (Å²) in [5.74, 6) is -0.0102. The van der Waals surface area contributed by atoms with E-state index in [9.17, 15) is 4.79 Å². The molecule has 0 aliphatic heterocycles. The monoisotopic (exact) mass is 335 g/mol. The number of halogens is 1. The van der Waals surface area contributed by atoms with Gasteiger partial charge < -0.3 is 15.6 Å². The van der Waals surface area contributed by atoms with Crippen molar-refractivity contribution in [3.05, 3.63) is 52.8 Å². The maximum atomic E-state index is 12.3. The first-order chi connectivity index (χ1) is 10.5. The van der Waals surface area contributed by atoms with Crippen molar-refractivity contribution in [1.29, 1.82) is 0 Å². The Morgan fingerprint density at radius 1 is 1.17 bits per heavy atom. The van der Waals surface area contributed by atoms with E-state index in [1.54, 1.807) is 0 Å². The molecule has 0 atom stereocenters. The minimum absolute atomic E-state index is 0. The summed E-state index contributed by atoms with van der Waals surface area (Å²) in [5, 5.41) is 2.97. The Bertz CT molecular complexity index is 664. The van der Waals surface area contributed by atoms with E-state index >= 15 is 0 Å². The second kappa shape index (κ2) is 8.75. The maximum absolute atomic E-state index is 12.3. The topological polar surface area (TPSA) is 60.0 Å². The third-order valence-electron chi connectivity index (χ3n) is 3.85. The molecule has 126 valence electrons. The number of nitrogens with one attached hydrogen (secondary N) is 1. The molecule has 1 aromatic heterocycles. The molecule has 0 bridgehead atoms. The molecule has 0 unspecified atom stereocenters. The highest BCUT2D eigenvalue weighted by atomic mass is 35.5. The summed E-state index contributed by atoms with van der Waals surface area (Å²) in [6.07, 6.45) is 1.85. The maximum Gasteiger partial charge on any atom is 0.253 e. The number of hydrogen-bond donors (Lipinski definition) is 2. The fourth-order valence-electron chi connectivity index (χ4n) is 2.72. The van der Waals surface area contributed by atoms with Gasteiger partial charge in [-0.05, 0) is 63.9 Å². The van der Waals surface area contributed by atoms with Gasteiger partial charge in [0, 0.05) is 23.6 Å². The number of unbranched alkanes of at least 4 members (excludes halogenated alkanes) is 1. The van der Waals surface area contributed by atoms with Crippen LogP contribution in [0.15, 0.2) is 30.3 Å². The van der Waals surface area contributed by atoms with Crippen molar-refractivity contribution >= 4 is 18.3 Å². The zero-order valence-electron chi connectivity index (χ0n) is 14.1. The molecular formula is C18H26ClN3O. The van der Waals surface area contributed by atoms with Gasteiger partial charge in [0.25, 0.3) is 5.91 Å². The van der Waals surface area contributed by atoms with Crippen molar-refractivity contribution in [2.24, 2.45) is 5.73 Å². The number of amides is 1. The van der Waals surface area contributed by atoms with Crippen LogP contribution in [0.5, 0.6) is 0 Å². The van der Waals surface area contributed by atoms with Gasteiger partial charge in [-0.3, -0.25) is 4.79 Å². The van der Waals surface area contributed by atoms with Gasteiger partial charge in [-0.1, -0.05) is 12.1 Å². The predicted molar refractivity (Wildman–Crippen MR) is 97.8 cm³/mol. The Balaban J connectivity index is 0.00000264. The van der Waals surface area contributed by atoms with E-state index in [0.29, 0.717) is 13.1 Å². The molecule has 23 heavy (non-hydrogen) atoms. The largest absolute Gasteiger partial charge is 0.352 e. The van der Waals surface area contributed by atoms with E-state index in [-0.39, 0.29) is 18.3 Å². The lowest BCUT2D eigenvalue weighted by Gasteiger charge is -2.11. The Labute approximate surface area is 144 Å². The summed E-state index contributed by atoms with van der Waals surface area (Å²) in [6, 6.07) is 10.3. The number of hydrogen-bond acceptors (Lipinski definition) is 2. The highest BCUT2D eigenvalue weighted by Crippen LogP contribution is 2.21. The van der Waals surface area contributed by atoms with Crippen molar-refractivity contribution in [2.45, 2.75) is 33.6 Å². The smallest absolute Gasteiger partial charge is 0.253 e. The van der Waals surface area contributed by atoms with E-state index in [4.69, 9.17) is 5.73 Å². The molecule has 4 nitrogen and oxygen atoms in total. The Morgan fingerprint density at radius 2 is 1.91 bits per heavy atom. The van der Waals surface area contributed by atoms with E-state index in [1.165, 1.54) is 5.56 Å². The van der Waals surface area contributed by atoms with E-state index in [1.807, 2.05) is 26.0 Å². The van der Waals surface area contributed by atoms with Gasteiger partial charge >= 0.3 is 0 Å². The van der Waals surface area contributed by atoms with Crippen LogP contribution in [-0.2, 0) is 0 Å². The van der Waals surface area contributed by atoms with Crippen molar-refractivity contribution in [2.75, 3.05) is 13.1 Å². The standard InChI is InChI=1S/C18H25N3O.ClH/c1-13-7-6-8-16(11-13)21-14(2)12-17(15(21)3)18(22)20-10-5-4-9-19;/h6-8,11-12H,4-5,9-10,19H2,1-3H3,(H,20,22);1H. The lowest BCUT2D eigenvalue weighted by atomic mass is 10.2. The predicted octanol–water partition coefficient (Wildman–Crippen LogP) is 3.29. The molecule has 5 heteroatoms. The normalized spacial score (nSPS) is 10.3. The molecule has 0 radical (unpaired) electrons. The van der Waals surface area contributed by atoms with Gasteiger partial charge in [0.15, 0.2) is 0 Å². The zero-order valence-corrected chi connectivity index (χ0v) is 14.9. The molecule has 2 aromatic rings. The van der Waals surface area contributed by atoms with Gasteiger partial charge in [0.05, 0.1) is 5.56 Å². The molecule has 1 amide bonds. The minimum Gasteiger partial charge on any atom is -0.352 e. The molecule has 0 fully saturated rings. The Morgan fingerprint density at radius 3 is 2.57 bits per heavy atom. The molecule has 0 saturated heterocycles. The summed E-state index contributed by atoms with van der Waals surface area (Å²) in [4.78, 5) is 12.3. The number of benzene rings is 1. The summed E-state index contributed by atoms with van der Waals surface area (Å²) < 4.78 is 2.13. The minimum atomic E-state index is -0.0102. The SMILES string of the molecule is Cc1cccc(-n2c(C)cc(C(=O)NCCCCN)c2C)c1.Cl. The fourth-order valence-corrected chi connectivity index (χ4v) is 2.72. The molecular weight excluding hydrogens is 310 g/mol. The molecule has 0 aliphatic rings. The number of nitrogens with two attached hydrogens (primary N) is 1. The van der Waals surface area contributed by atoms with Crippen LogP contribution in [0.4, 0.5) is 0 Å². The van der Waals surface area contributed by atoms with Crippen molar-refractivity contribution in [3.8, 4) is 5.69 Å². The van der Waals surface area contributed by atoms with E-state index in [0.717, 1.165) is 35.5 Å². The second-order valence-corrected chi connectivity index (χ2v) is 5.71. The molecule has 3 N–H and O–H groups in total. The average Bonchev–Trinajstić information content (AvgIpc) is 2.78. The highest BCUT2D eigenvalue weighted by molar-refractivity contribution is 5.95. The summed E-state index contributed by atoms with van der Waals surface area (Å²) in [7, 11) is 0. The highest BCUT2D eigenvalue weighted by Gasteiger charge is 2.16. The number of carbonyl (C=O) groups is 1. The van der Waals surface area contributed by atoms with Crippen LogP contribution in [0, 0.1) is 20.8 Å². The van der Waals surface area contributed by atoms with Crippen LogP contribution in [0.25, 0.3) is 5.69 Å². The van der Waals surface area contributed by atoms with Gasteiger partial charge in [-0.25, -0.2) is 0 Å². The number of carbonyl (C=O) groups excluding carboxylic acids is 1. The van der Waals surface area contributed by atoms with Crippen LogP contribution < -0.4 is 11.1 Å². The molecule has 0 spiro atoms. The fraction of sp³-hybridized carbons (Fsp3) is 0.389. The van der Waals surface area contributed by atoms with Crippen molar-refractivity contribution in [3.63, 3.8) is 0 Å². The first kappa shape index (κ1) is 19.3. The van der Waals surface area contributed by atoms with Gasteiger partial charge in [-0.15, -0.1) is 12.4 Å². The summed E-state index contributed by atoms with van der Waals surface area (Å²) in [5.41, 5.74) is 10.5. The number of rotatable bonds is 6. The van der Waals surface area contributed by atoms with Crippen LogP contribution in [0.3, 0.4) is 0 Å². The molecule has 0 saturated carbocycles. The van der Waals surface area contributed by atoms with Crippen LogP contribution in [0.1, 0.15) is 40.2 Å². The number of nitrogens with zero attached hydrogens (tertiary/aromatic N) is 1. The molecule has 1 aromatic carbocycles. The molecule has 1 heterocycles. The van der Waals surface area contributed by atoms with Gasteiger partial charge in [0.2, 0.25) is 0 Å². The first-order valence-corrected chi connectivity index (χ1v) is 7.79. The summed E-state index contributed by atoms with van der Waals surface area (Å²) >= 11 is 0. The Hall–Kier alpha value is -1.78. The second-order valence-electron chi connectivity index (χ2n) is 5.71. The van der Waals surface area contributed by atoms with E-state index < -0.39 is 0 Å². The lowest BCUT2D eigenvalue weighted by molar-refractivity contribution is 0.0952. The summed E-state index contributed by atoms with van der Waals surface area (Å²) in [6.45, 7) is 7.43. The van der Waals surface area contributed by atoms with Gasteiger partial charge in [-0.2, -0.15) is 0 Å². The third-order valence-corrected chi connectivity index (χ3v) is 3.85. The third kappa shape index (κ3) is 4.60. The zero-order chi connectivity index (χ0) is 16.1. The van der Waals surface area contributed by atoms with Gasteiger partial charge in [0.1, 0.15) is 0 Å². The average molecular weight is 336 g/mol. The lowest BCUT2D eigenvalue weighted by Crippen LogP contribution is -2.25. The van der Waals surface area contributed by atoms with E-state index in [2.05, 4.69) is 35.0 Å². The van der Waals surface area contributed by atoms with Crippen LogP contribution in [-0.4, -0.2) is 23.6 Å². The first-order valence-electron chi connectivity index (χ1n) is 7.79. The van der Waals surface area contributed by atoms with Crippen molar-refractivity contribution in [1.82, 2.24) is 9.88 Å². The van der Waals surface area contributed by atoms with Crippen LogP contribution in [0.2, 0.25) is 0 Å². The number of aromatic nitrogens is 1. The molecule has 2 rings (SSSR count). The molecule has 0 aliphatic carbocycles.